The van der Waals surface area contributed by atoms with Crippen LogP contribution in [0.4, 0.5) is 10.5 Å². The molecule has 6 heteroatoms. The van der Waals surface area contributed by atoms with Crippen molar-refractivity contribution in [3.05, 3.63) is 24.3 Å². The zero-order valence-electron chi connectivity index (χ0n) is 12.0. The monoisotopic (exact) mass is 279 g/mol. The van der Waals surface area contributed by atoms with Gasteiger partial charge in [-0.3, -0.25) is 10.1 Å². The summed E-state index contributed by atoms with van der Waals surface area (Å²) in [6.07, 6.45) is 1.04. The van der Waals surface area contributed by atoms with E-state index < -0.39 is 18.0 Å². The second kappa shape index (κ2) is 7.37. The maximum absolute atomic E-state index is 11.6. The molecule has 0 spiro atoms. The second-order valence-corrected chi connectivity index (χ2v) is 4.58. The number of primary amides is 1. The van der Waals surface area contributed by atoms with Gasteiger partial charge in [-0.2, -0.15) is 0 Å². The Labute approximate surface area is 118 Å². The van der Waals surface area contributed by atoms with Gasteiger partial charge in [0, 0.05) is 11.8 Å². The van der Waals surface area contributed by atoms with Crippen LogP contribution in [0.3, 0.4) is 0 Å². The summed E-state index contributed by atoms with van der Waals surface area (Å²) < 4.78 is 5.70. The van der Waals surface area contributed by atoms with E-state index in [2.05, 4.69) is 5.32 Å². The average Bonchev–Trinajstić information content (AvgIpc) is 2.38. The maximum Gasteiger partial charge on any atom is 0.318 e. The van der Waals surface area contributed by atoms with E-state index in [9.17, 15) is 9.59 Å². The van der Waals surface area contributed by atoms with Crippen LogP contribution in [0.5, 0.6) is 5.75 Å². The molecule has 1 aromatic rings. The molecule has 0 aromatic heterocycles. The van der Waals surface area contributed by atoms with Gasteiger partial charge in [-0.15, -0.1) is 0 Å². The number of carbonyl (C=O) groups excluding carboxylic acids is 2. The highest BCUT2D eigenvalue weighted by Gasteiger charge is 2.14. The molecule has 3 amide bonds. The van der Waals surface area contributed by atoms with Crippen molar-refractivity contribution in [3.63, 3.8) is 0 Å². The summed E-state index contributed by atoms with van der Waals surface area (Å²) in [7, 11) is 0. The first-order chi connectivity index (χ1) is 9.42. The van der Waals surface area contributed by atoms with E-state index in [0.717, 1.165) is 17.9 Å². The minimum atomic E-state index is -0.863. The third-order valence-corrected chi connectivity index (χ3v) is 2.77. The van der Waals surface area contributed by atoms with E-state index in [-0.39, 0.29) is 6.10 Å². The highest BCUT2D eigenvalue weighted by atomic mass is 16.5. The lowest BCUT2D eigenvalue weighted by Gasteiger charge is -2.16. The highest BCUT2D eigenvalue weighted by molar-refractivity contribution is 5.97. The largest absolute Gasteiger partial charge is 0.491 e. The van der Waals surface area contributed by atoms with Crippen molar-refractivity contribution in [3.8, 4) is 5.75 Å². The maximum atomic E-state index is 11.6. The van der Waals surface area contributed by atoms with Crippen LogP contribution in [0.25, 0.3) is 0 Å². The molecule has 110 valence electrons. The number of hydrogen-bond donors (Lipinski definition) is 3. The highest BCUT2D eigenvalue weighted by Crippen LogP contribution is 2.19. The fraction of sp³-hybridized carbons (Fsp3) is 0.429. The fourth-order valence-corrected chi connectivity index (χ4v) is 1.52. The lowest BCUT2D eigenvalue weighted by molar-refractivity contribution is -0.120. The molecule has 0 saturated carbocycles. The number of anilines is 1. The Morgan fingerprint density at radius 3 is 2.65 bits per heavy atom. The van der Waals surface area contributed by atoms with E-state index in [1.54, 1.807) is 13.0 Å². The molecule has 1 aromatic carbocycles. The zero-order chi connectivity index (χ0) is 15.1. The number of amides is 3. The molecule has 0 heterocycles. The number of hydrogen-bond acceptors (Lipinski definition) is 4. The van der Waals surface area contributed by atoms with Crippen molar-refractivity contribution >= 4 is 17.6 Å². The van der Waals surface area contributed by atoms with Gasteiger partial charge in [0.05, 0.1) is 6.10 Å². The molecular formula is C14H21N3O3. The van der Waals surface area contributed by atoms with Crippen molar-refractivity contribution in [2.24, 2.45) is 5.73 Å². The second-order valence-electron chi connectivity index (χ2n) is 4.58. The van der Waals surface area contributed by atoms with E-state index in [1.807, 2.05) is 37.4 Å². The molecule has 0 radical (unpaired) electrons. The number of rotatable bonds is 6. The van der Waals surface area contributed by atoms with Crippen molar-refractivity contribution < 1.29 is 14.3 Å². The van der Waals surface area contributed by atoms with Crippen molar-refractivity contribution in [2.75, 3.05) is 5.32 Å². The molecular weight excluding hydrogens is 258 g/mol. The summed E-state index contributed by atoms with van der Waals surface area (Å²) in [5, 5.41) is 5.00. The number of nitrogens with one attached hydrogen (secondary N) is 2. The van der Waals surface area contributed by atoms with E-state index >= 15 is 0 Å². The van der Waals surface area contributed by atoms with Crippen LogP contribution in [-0.4, -0.2) is 24.1 Å². The van der Waals surface area contributed by atoms with Gasteiger partial charge in [-0.05, 0) is 32.4 Å². The van der Waals surface area contributed by atoms with Gasteiger partial charge in [0.15, 0.2) is 0 Å². The van der Waals surface area contributed by atoms with Crippen molar-refractivity contribution in [1.29, 1.82) is 0 Å². The molecule has 0 aliphatic heterocycles. The first kappa shape index (κ1) is 15.8. The minimum Gasteiger partial charge on any atom is -0.491 e. The van der Waals surface area contributed by atoms with Gasteiger partial charge < -0.3 is 15.8 Å². The van der Waals surface area contributed by atoms with Crippen LogP contribution in [0.1, 0.15) is 27.2 Å². The SMILES string of the molecule is CCC(C)Oc1cccc(NC(C)C(=O)NC(N)=O)c1. The third-order valence-electron chi connectivity index (χ3n) is 2.77. The topological polar surface area (TPSA) is 93.4 Å². The van der Waals surface area contributed by atoms with Crippen LogP contribution < -0.4 is 21.1 Å². The molecule has 2 atom stereocenters. The van der Waals surface area contributed by atoms with Crippen LogP contribution in [0, 0.1) is 0 Å². The lowest BCUT2D eigenvalue weighted by Crippen LogP contribution is -2.43. The molecule has 0 fully saturated rings. The van der Waals surface area contributed by atoms with Crippen LogP contribution in [0.15, 0.2) is 24.3 Å². The molecule has 2 unspecified atom stereocenters. The minimum absolute atomic E-state index is 0.126. The molecule has 0 saturated heterocycles. The van der Waals surface area contributed by atoms with Gasteiger partial charge in [0.25, 0.3) is 0 Å². The third kappa shape index (κ3) is 5.17. The van der Waals surface area contributed by atoms with Gasteiger partial charge in [0.1, 0.15) is 11.8 Å². The average molecular weight is 279 g/mol. The number of imide groups is 1. The zero-order valence-corrected chi connectivity index (χ0v) is 12.0. The molecule has 1 rings (SSSR count). The number of nitrogens with two attached hydrogens (primary N) is 1. The van der Waals surface area contributed by atoms with Crippen LogP contribution in [-0.2, 0) is 4.79 Å². The summed E-state index contributed by atoms with van der Waals surface area (Å²) in [6, 6.07) is 5.86. The number of carbonyl (C=O) groups is 2. The first-order valence-corrected chi connectivity index (χ1v) is 6.56. The molecule has 0 aliphatic carbocycles. The van der Waals surface area contributed by atoms with Gasteiger partial charge in [0.2, 0.25) is 5.91 Å². The van der Waals surface area contributed by atoms with E-state index in [1.165, 1.54) is 0 Å². The summed E-state index contributed by atoms with van der Waals surface area (Å²) >= 11 is 0. The summed E-state index contributed by atoms with van der Waals surface area (Å²) in [6.45, 7) is 5.67. The molecule has 6 nitrogen and oxygen atoms in total. The van der Waals surface area contributed by atoms with E-state index in [0.29, 0.717) is 0 Å². The molecule has 0 aliphatic rings. The number of ether oxygens (including phenoxy) is 1. The lowest BCUT2D eigenvalue weighted by atomic mass is 10.2. The Kier molecular flexibility index (Phi) is 5.83. The summed E-state index contributed by atoms with van der Waals surface area (Å²) in [4.78, 5) is 22.2. The fourth-order valence-electron chi connectivity index (χ4n) is 1.52. The molecule has 4 N–H and O–H groups in total. The van der Waals surface area contributed by atoms with Gasteiger partial charge in [-0.25, -0.2) is 4.79 Å². The van der Waals surface area contributed by atoms with Crippen molar-refractivity contribution in [2.45, 2.75) is 39.3 Å². The Bertz CT molecular complexity index is 476. The van der Waals surface area contributed by atoms with Crippen LogP contribution >= 0.6 is 0 Å². The Morgan fingerprint density at radius 2 is 2.05 bits per heavy atom. The Morgan fingerprint density at radius 1 is 1.35 bits per heavy atom. The summed E-state index contributed by atoms with van der Waals surface area (Å²) in [5.74, 6) is 0.248. The molecule has 0 bridgehead atoms. The Hall–Kier alpha value is -2.24. The predicted octanol–water partition coefficient (Wildman–Crippen LogP) is 1.86. The summed E-state index contributed by atoms with van der Waals surface area (Å²) in [5.41, 5.74) is 5.63. The normalized spacial score (nSPS) is 13.2. The number of urea groups is 1. The van der Waals surface area contributed by atoms with Crippen molar-refractivity contribution in [1.82, 2.24) is 5.32 Å². The first-order valence-electron chi connectivity index (χ1n) is 6.56. The predicted molar refractivity (Wildman–Crippen MR) is 77.6 cm³/mol. The molecule has 20 heavy (non-hydrogen) atoms. The van der Waals surface area contributed by atoms with Gasteiger partial charge >= 0.3 is 6.03 Å². The smallest absolute Gasteiger partial charge is 0.318 e. The van der Waals surface area contributed by atoms with Crippen LogP contribution in [0.2, 0.25) is 0 Å². The number of benzene rings is 1. The van der Waals surface area contributed by atoms with E-state index in [4.69, 9.17) is 10.5 Å². The standard InChI is InChI=1S/C14H21N3O3/c1-4-9(2)20-12-7-5-6-11(8-12)16-10(3)13(18)17-14(15)19/h5-10,16H,4H2,1-3H3,(H3,15,17,18,19). The quantitative estimate of drug-likeness (QED) is 0.741. The Balaban J connectivity index is 2.65. The van der Waals surface area contributed by atoms with Gasteiger partial charge in [-0.1, -0.05) is 13.0 Å².